The fourth-order valence-electron chi connectivity index (χ4n) is 2.09. The van der Waals surface area contributed by atoms with Crippen LogP contribution in [0.1, 0.15) is 27.0 Å². The maximum Gasteiger partial charge on any atom is 0.255 e. The average molecular weight is 272 g/mol. The van der Waals surface area contributed by atoms with E-state index in [2.05, 4.69) is 5.32 Å². The molecule has 3 N–H and O–H groups in total. The summed E-state index contributed by atoms with van der Waals surface area (Å²) in [5, 5.41) is 2.58. The van der Waals surface area contributed by atoms with Crippen LogP contribution in [-0.4, -0.2) is 5.91 Å². The van der Waals surface area contributed by atoms with Crippen molar-refractivity contribution in [2.75, 3.05) is 5.32 Å². The molecular formula is C16H17FN2O. The predicted octanol–water partition coefficient (Wildman–Crippen LogP) is 3.15. The van der Waals surface area contributed by atoms with Crippen molar-refractivity contribution >= 4 is 11.6 Å². The van der Waals surface area contributed by atoms with E-state index in [-0.39, 0.29) is 18.1 Å². The fraction of sp³-hybridized carbons (Fsp3) is 0.188. The Kier molecular flexibility index (Phi) is 4.15. The molecule has 104 valence electrons. The van der Waals surface area contributed by atoms with Gasteiger partial charge >= 0.3 is 0 Å². The third-order valence-electron chi connectivity index (χ3n) is 3.00. The van der Waals surface area contributed by atoms with Gasteiger partial charge in [0.1, 0.15) is 5.82 Å². The van der Waals surface area contributed by atoms with Gasteiger partial charge in [0.15, 0.2) is 0 Å². The number of anilines is 1. The molecule has 3 nitrogen and oxygen atoms in total. The lowest BCUT2D eigenvalue weighted by molar-refractivity contribution is 0.102. The molecule has 0 bridgehead atoms. The van der Waals surface area contributed by atoms with E-state index >= 15 is 0 Å². The number of benzene rings is 2. The van der Waals surface area contributed by atoms with Crippen LogP contribution in [0.3, 0.4) is 0 Å². The molecule has 0 saturated carbocycles. The molecular weight excluding hydrogens is 255 g/mol. The van der Waals surface area contributed by atoms with Gasteiger partial charge in [-0.2, -0.15) is 0 Å². The van der Waals surface area contributed by atoms with Crippen LogP contribution in [0.25, 0.3) is 0 Å². The molecule has 4 heteroatoms. The maximum absolute atomic E-state index is 13.8. The van der Waals surface area contributed by atoms with Gasteiger partial charge in [-0.1, -0.05) is 23.3 Å². The molecule has 0 aliphatic heterocycles. The number of aryl methyl sites for hydroxylation is 2. The quantitative estimate of drug-likeness (QED) is 0.901. The minimum Gasteiger partial charge on any atom is -0.326 e. The highest BCUT2D eigenvalue weighted by atomic mass is 19.1. The lowest BCUT2D eigenvalue weighted by Gasteiger charge is -2.09. The van der Waals surface area contributed by atoms with E-state index < -0.39 is 5.82 Å². The zero-order valence-corrected chi connectivity index (χ0v) is 11.5. The number of rotatable bonds is 3. The van der Waals surface area contributed by atoms with Crippen LogP contribution in [0.15, 0.2) is 36.4 Å². The van der Waals surface area contributed by atoms with Gasteiger partial charge in [-0.15, -0.1) is 0 Å². The highest BCUT2D eigenvalue weighted by Gasteiger charge is 2.10. The number of nitrogens with two attached hydrogens (primary N) is 1. The van der Waals surface area contributed by atoms with Crippen molar-refractivity contribution in [1.82, 2.24) is 0 Å². The van der Waals surface area contributed by atoms with Crippen LogP contribution in [0.5, 0.6) is 0 Å². The molecule has 0 unspecified atom stereocenters. The zero-order valence-electron chi connectivity index (χ0n) is 11.5. The SMILES string of the molecule is Cc1cc(C)cc(C(=O)Nc2ccc(CN)cc2F)c1. The van der Waals surface area contributed by atoms with Crippen molar-refractivity contribution < 1.29 is 9.18 Å². The van der Waals surface area contributed by atoms with E-state index in [1.165, 1.54) is 12.1 Å². The molecule has 2 aromatic carbocycles. The number of hydrogen-bond donors (Lipinski definition) is 2. The highest BCUT2D eigenvalue weighted by Crippen LogP contribution is 2.17. The Labute approximate surface area is 117 Å². The fourth-order valence-corrected chi connectivity index (χ4v) is 2.09. The minimum absolute atomic E-state index is 0.159. The third kappa shape index (κ3) is 3.22. The van der Waals surface area contributed by atoms with Gasteiger partial charge in [-0.25, -0.2) is 4.39 Å². The number of amides is 1. The first kappa shape index (κ1) is 14.2. The Morgan fingerprint density at radius 2 is 1.80 bits per heavy atom. The summed E-state index contributed by atoms with van der Waals surface area (Å²) in [6.45, 7) is 4.10. The molecule has 0 saturated heterocycles. The van der Waals surface area contributed by atoms with Crippen LogP contribution < -0.4 is 11.1 Å². The van der Waals surface area contributed by atoms with Crippen molar-refractivity contribution in [1.29, 1.82) is 0 Å². The normalized spacial score (nSPS) is 10.4. The van der Waals surface area contributed by atoms with Crippen LogP contribution in [0.4, 0.5) is 10.1 Å². The Morgan fingerprint density at radius 3 is 2.35 bits per heavy atom. The molecule has 2 rings (SSSR count). The Morgan fingerprint density at radius 1 is 1.15 bits per heavy atom. The molecule has 2 aromatic rings. The van der Waals surface area contributed by atoms with E-state index in [1.807, 2.05) is 19.9 Å². The smallest absolute Gasteiger partial charge is 0.255 e. The first-order valence-electron chi connectivity index (χ1n) is 6.37. The Hall–Kier alpha value is -2.20. The summed E-state index contributed by atoms with van der Waals surface area (Å²) in [5.74, 6) is -0.804. The summed E-state index contributed by atoms with van der Waals surface area (Å²) >= 11 is 0. The second-order valence-corrected chi connectivity index (χ2v) is 4.85. The van der Waals surface area contributed by atoms with E-state index in [0.29, 0.717) is 11.1 Å². The number of nitrogens with one attached hydrogen (secondary N) is 1. The van der Waals surface area contributed by atoms with E-state index in [0.717, 1.165) is 11.1 Å². The van der Waals surface area contributed by atoms with Gasteiger partial charge in [0.2, 0.25) is 0 Å². The molecule has 20 heavy (non-hydrogen) atoms. The van der Waals surface area contributed by atoms with Gasteiger partial charge < -0.3 is 11.1 Å². The van der Waals surface area contributed by atoms with E-state index in [1.54, 1.807) is 18.2 Å². The molecule has 0 aromatic heterocycles. The number of hydrogen-bond acceptors (Lipinski definition) is 2. The summed E-state index contributed by atoms with van der Waals surface area (Å²) in [4.78, 5) is 12.1. The summed E-state index contributed by atoms with van der Waals surface area (Å²) in [5.41, 5.74) is 8.79. The zero-order chi connectivity index (χ0) is 14.7. The van der Waals surface area contributed by atoms with Gasteiger partial charge in [-0.05, 0) is 43.7 Å². The Bertz CT molecular complexity index is 633. The summed E-state index contributed by atoms with van der Waals surface area (Å²) in [6, 6.07) is 10.1. The molecule has 0 spiro atoms. The standard InChI is InChI=1S/C16H17FN2O/c1-10-5-11(2)7-13(6-10)16(20)19-15-4-3-12(9-18)8-14(15)17/h3-8H,9,18H2,1-2H3,(H,19,20). The maximum atomic E-state index is 13.8. The van der Waals surface area contributed by atoms with Crippen molar-refractivity contribution in [3.8, 4) is 0 Å². The topological polar surface area (TPSA) is 55.1 Å². The van der Waals surface area contributed by atoms with Gasteiger partial charge in [-0.3, -0.25) is 4.79 Å². The number of halogens is 1. The van der Waals surface area contributed by atoms with E-state index in [9.17, 15) is 9.18 Å². The largest absolute Gasteiger partial charge is 0.326 e. The monoisotopic (exact) mass is 272 g/mol. The molecule has 0 fully saturated rings. The van der Waals surface area contributed by atoms with Crippen LogP contribution >= 0.6 is 0 Å². The highest BCUT2D eigenvalue weighted by molar-refractivity contribution is 6.04. The molecule has 0 heterocycles. The predicted molar refractivity (Wildman–Crippen MR) is 78.2 cm³/mol. The first-order chi connectivity index (χ1) is 9.49. The second-order valence-electron chi connectivity index (χ2n) is 4.85. The Balaban J connectivity index is 2.23. The number of carbonyl (C=O) groups excluding carboxylic acids is 1. The lowest BCUT2D eigenvalue weighted by Crippen LogP contribution is -2.13. The van der Waals surface area contributed by atoms with Crippen molar-refractivity contribution in [2.24, 2.45) is 5.73 Å². The summed E-state index contributed by atoms with van der Waals surface area (Å²) < 4.78 is 13.8. The molecule has 1 amide bonds. The lowest BCUT2D eigenvalue weighted by atomic mass is 10.1. The minimum atomic E-state index is -0.481. The van der Waals surface area contributed by atoms with Gasteiger partial charge in [0.25, 0.3) is 5.91 Å². The van der Waals surface area contributed by atoms with Gasteiger partial charge in [0.05, 0.1) is 5.69 Å². The molecule has 0 aliphatic carbocycles. The van der Waals surface area contributed by atoms with E-state index in [4.69, 9.17) is 5.73 Å². The molecule has 0 aliphatic rings. The second kappa shape index (κ2) is 5.84. The summed E-state index contributed by atoms with van der Waals surface area (Å²) in [6.07, 6.45) is 0. The molecule has 0 radical (unpaired) electrons. The average Bonchev–Trinajstić information content (AvgIpc) is 2.39. The van der Waals surface area contributed by atoms with Crippen molar-refractivity contribution in [3.63, 3.8) is 0 Å². The number of carbonyl (C=O) groups is 1. The van der Waals surface area contributed by atoms with Crippen LogP contribution in [-0.2, 0) is 6.54 Å². The van der Waals surface area contributed by atoms with Crippen LogP contribution in [0, 0.1) is 19.7 Å². The van der Waals surface area contributed by atoms with Crippen LogP contribution in [0.2, 0.25) is 0 Å². The molecule has 0 atom stereocenters. The van der Waals surface area contributed by atoms with Crippen molar-refractivity contribution in [2.45, 2.75) is 20.4 Å². The first-order valence-corrected chi connectivity index (χ1v) is 6.37. The summed E-state index contributed by atoms with van der Waals surface area (Å²) in [7, 11) is 0. The van der Waals surface area contributed by atoms with Crippen molar-refractivity contribution in [3.05, 3.63) is 64.5 Å². The van der Waals surface area contributed by atoms with Gasteiger partial charge in [0, 0.05) is 12.1 Å². The third-order valence-corrected chi connectivity index (χ3v) is 3.00.